The third-order valence-corrected chi connectivity index (χ3v) is 10.5. The first-order chi connectivity index (χ1) is 29.4. The van der Waals surface area contributed by atoms with Crippen molar-refractivity contribution >= 4 is 18.0 Å². The van der Waals surface area contributed by atoms with E-state index in [2.05, 4.69) is 9.97 Å². The molecule has 60 heavy (non-hydrogen) atoms. The number of benzene rings is 3. The number of hydrogen-bond acceptors (Lipinski definition) is 9. The summed E-state index contributed by atoms with van der Waals surface area (Å²) in [7, 11) is 0. The highest BCUT2D eigenvalue weighted by Gasteiger charge is 2.33. The topological polar surface area (TPSA) is 143 Å². The number of esters is 2. The highest BCUT2D eigenvalue weighted by Crippen LogP contribution is 2.36. The van der Waals surface area contributed by atoms with Crippen LogP contribution in [0.25, 0.3) is 0 Å². The van der Waals surface area contributed by atoms with Crippen LogP contribution in [0.3, 0.4) is 0 Å². The maximum atomic E-state index is 13.8. The fourth-order valence-corrected chi connectivity index (χ4v) is 7.67. The van der Waals surface area contributed by atoms with Crippen LogP contribution in [-0.2, 0) is 87.3 Å². The van der Waals surface area contributed by atoms with Gasteiger partial charge in [0, 0.05) is 53.7 Å². The van der Waals surface area contributed by atoms with Crippen molar-refractivity contribution in [2.75, 3.05) is 19.8 Å². The monoisotopic (exact) mass is 813 g/mol. The molecule has 0 saturated carbocycles. The van der Waals surface area contributed by atoms with Crippen LogP contribution in [0.1, 0.15) is 109 Å². The van der Waals surface area contributed by atoms with E-state index in [0.717, 1.165) is 44.6 Å². The number of nitrogens with zero attached hydrogens (tertiary/aromatic N) is 1. The van der Waals surface area contributed by atoms with Crippen LogP contribution in [0.15, 0.2) is 97.2 Å². The van der Waals surface area contributed by atoms with E-state index in [1.165, 1.54) is 0 Å². The molecule has 0 spiro atoms. The Bertz CT molecular complexity index is 2380. The number of hydrogen-bond donors (Lipinski definition) is 2. The molecule has 0 unspecified atom stereocenters. The number of fused-ring (bicyclic) bond motifs is 3. The van der Waals surface area contributed by atoms with Crippen molar-refractivity contribution < 1.29 is 42.8 Å². The van der Waals surface area contributed by atoms with Gasteiger partial charge in [0.1, 0.15) is 11.4 Å². The third kappa shape index (κ3) is 9.79. The lowest BCUT2D eigenvalue weighted by Crippen LogP contribution is -2.17. The number of H-pyrrole nitrogens is 2. The molecule has 3 aromatic heterocycles. The molecule has 1 aliphatic rings. The summed E-state index contributed by atoms with van der Waals surface area (Å²) in [6.45, 7) is 7.18. The molecule has 0 atom stereocenters. The minimum Gasteiger partial charge on any atom is -0.461 e. The first kappa shape index (κ1) is 41.9. The van der Waals surface area contributed by atoms with E-state index in [0.29, 0.717) is 55.2 Å². The van der Waals surface area contributed by atoms with E-state index >= 15 is 0 Å². The molecule has 7 rings (SSSR count). The van der Waals surface area contributed by atoms with Gasteiger partial charge in [0.15, 0.2) is 0 Å². The smallest absolute Gasteiger partial charge is 0.418 e. The van der Waals surface area contributed by atoms with E-state index in [4.69, 9.17) is 28.4 Å². The van der Waals surface area contributed by atoms with Crippen LogP contribution in [0.2, 0.25) is 0 Å². The second-order valence-electron chi connectivity index (χ2n) is 14.4. The fraction of sp³-hybridized carbons (Fsp3) is 0.312. The summed E-state index contributed by atoms with van der Waals surface area (Å²) in [4.78, 5) is 48.2. The zero-order valence-corrected chi connectivity index (χ0v) is 34.3. The molecular weight excluding hydrogens is 763 g/mol. The lowest BCUT2D eigenvalue weighted by atomic mass is 9.98. The van der Waals surface area contributed by atoms with Crippen LogP contribution >= 0.6 is 0 Å². The van der Waals surface area contributed by atoms with Gasteiger partial charge in [-0.2, -0.15) is 0 Å². The van der Waals surface area contributed by atoms with Gasteiger partial charge in [0.25, 0.3) is 0 Å². The third-order valence-electron chi connectivity index (χ3n) is 10.5. The summed E-state index contributed by atoms with van der Waals surface area (Å²) < 4.78 is 37.3. The number of nitrogens with one attached hydrogen (secondary N) is 2. The van der Waals surface area contributed by atoms with E-state index in [1.54, 1.807) is 31.5 Å². The molecule has 0 fully saturated rings. The predicted molar refractivity (Wildman–Crippen MR) is 224 cm³/mol. The fourth-order valence-electron chi connectivity index (χ4n) is 7.67. The average molecular weight is 814 g/mol. The summed E-state index contributed by atoms with van der Waals surface area (Å²) in [5, 5.41) is 0. The van der Waals surface area contributed by atoms with Crippen LogP contribution in [0.5, 0.6) is 0 Å². The van der Waals surface area contributed by atoms with Gasteiger partial charge in [-0.15, -0.1) is 0 Å². The Labute approximate surface area is 349 Å². The number of ether oxygens (including phenoxy) is 6. The molecule has 12 nitrogen and oxygen atoms in total. The van der Waals surface area contributed by atoms with Crippen LogP contribution in [0, 0.1) is 0 Å². The first-order valence-electron chi connectivity index (χ1n) is 20.4. The second kappa shape index (κ2) is 20.2. The molecule has 0 saturated heterocycles. The van der Waals surface area contributed by atoms with Gasteiger partial charge >= 0.3 is 18.0 Å². The van der Waals surface area contributed by atoms with E-state index in [9.17, 15) is 14.4 Å². The molecule has 2 N–H and O–H groups in total. The zero-order chi connectivity index (χ0) is 41.8. The van der Waals surface area contributed by atoms with Crippen LogP contribution < -0.4 is 0 Å². The zero-order valence-electron chi connectivity index (χ0n) is 34.3. The summed E-state index contributed by atoms with van der Waals surface area (Å²) in [6, 6.07) is 29.5. The van der Waals surface area contributed by atoms with Crippen molar-refractivity contribution in [3.05, 3.63) is 176 Å². The first-order valence-corrected chi connectivity index (χ1v) is 20.4. The largest absolute Gasteiger partial charge is 0.461 e. The molecule has 3 heterocycles. The summed E-state index contributed by atoms with van der Waals surface area (Å²) in [5.74, 6) is -1.03. The van der Waals surface area contributed by atoms with Gasteiger partial charge in [-0.25, -0.2) is 14.4 Å². The standard InChI is InChI=1S/C48H51N3O9/c1-4-58-46(52)44-39(30-56-27-33-18-12-8-13-19-33)37-23-42-38(40(45(50-42)47(53)59-5-2)31-57-28-34-20-14-9-15-21-34)24-43-36(22-41(37)49-44)35(25-51(43)48(54)60-6-3)29-55-26-32-16-10-7-11-17-32/h7-21,25,49-50H,4-6,22-24,26-31H2,1-3H3. The van der Waals surface area contributed by atoms with E-state index in [1.807, 2.05) is 91.0 Å². The van der Waals surface area contributed by atoms with Gasteiger partial charge in [-0.1, -0.05) is 91.0 Å². The van der Waals surface area contributed by atoms with Gasteiger partial charge in [0.05, 0.1) is 59.5 Å². The number of rotatable bonds is 17. The number of carbonyl (C=O) groups is 3. The van der Waals surface area contributed by atoms with E-state index < -0.39 is 18.0 Å². The highest BCUT2D eigenvalue weighted by atomic mass is 16.6. The minimum atomic E-state index is -0.541. The Hall–Kier alpha value is -6.21. The van der Waals surface area contributed by atoms with Crippen LogP contribution in [0.4, 0.5) is 4.79 Å². The molecule has 0 aliphatic heterocycles. The lowest BCUT2D eigenvalue weighted by Gasteiger charge is -2.13. The molecule has 0 amide bonds. The van der Waals surface area contributed by atoms with Crippen molar-refractivity contribution in [2.45, 2.75) is 79.7 Å². The highest BCUT2D eigenvalue weighted by molar-refractivity contribution is 5.91. The van der Waals surface area contributed by atoms with Crippen LogP contribution in [-0.4, -0.2) is 52.4 Å². The van der Waals surface area contributed by atoms with Gasteiger partial charge in [-0.3, -0.25) is 4.57 Å². The minimum absolute atomic E-state index is 0.0818. The molecule has 3 aromatic carbocycles. The van der Waals surface area contributed by atoms with Crippen molar-refractivity contribution in [1.29, 1.82) is 0 Å². The lowest BCUT2D eigenvalue weighted by molar-refractivity contribution is 0.0501. The maximum absolute atomic E-state index is 13.8. The Balaban J connectivity index is 1.39. The quantitative estimate of drug-likeness (QED) is 0.0682. The summed E-state index contributed by atoms with van der Waals surface area (Å²) >= 11 is 0. The summed E-state index contributed by atoms with van der Waals surface area (Å²) in [5.41, 5.74) is 10.1. The predicted octanol–water partition coefficient (Wildman–Crippen LogP) is 8.74. The summed E-state index contributed by atoms with van der Waals surface area (Å²) in [6.07, 6.45) is 2.09. The normalized spacial score (nSPS) is 12.1. The van der Waals surface area contributed by atoms with E-state index in [-0.39, 0.29) is 57.4 Å². The van der Waals surface area contributed by atoms with Gasteiger partial charge < -0.3 is 38.4 Å². The second-order valence-corrected chi connectivity index (χ2v) is 14.4. The number of aromatic nitrogens is 3. The van der Waals surface area contributed by atoms with Gasteiger partial charge in [-0.05, 0) is 59.7 Å². The van der Waals surface area contributed by atoms with Gasteiger partial charge in [0.2, 0.25) is 0 Å². The molecule has 6 aromatic rings. The molecule has 1 aliphatic carbocycles. The molecule has 0 radical (unpaired) electrons. The molecule has 0 bridgehead atoms. The Morgan fingerprint density at radius 3 is 1.38 bits per heavy atom. The Kier molecular flexibility index (Phi) is 14.1. The SMILES string of the molecule is CCOC(=O)c1[nH]c2c(c1COCc1ccccc1)Cc1[nH]c(C(=O)OCC)c(COCc3ccccc3)c1Cc1c(c(COCc3ccccc3)cn1C(=O)OCC)C2. The molecule has 312 valence electrons. The number of aromatic amines is 2. The Morgan fingerprint density at radius 1 is 0.517 bits per heavy atom. The van der Waals surface area contributed by atoms with Crippen molar-refractivity contribution in [2.24, 2.45) is 0 Å². The Morgan fingerprint density at radius 2 is 0.933 bits per heavy atom. The maximum Gasteiger partial charge on any atom is 0.418 e. The molecular formula is C48H51N3O9. The van der Waals surface area contributed by atoms with Crippen molar-refractivity contribution in [1.82, 2.24) is 14.5 Å². The average Bonchev–Trinajstić information content (AvgIpc) is 3.91. The number of carbonyl (C=O) groups excluding carboxylic acids is 3. The van der Waals surface area contributed by atoms with Crippen molar-refractivity contribution in [3.63, 3.8) is 0 Å². The molecule has 12 heteroatoms. The van der Waals surface area contributed by atoms with Crippen molar-refractivity contribution in [3.8, 4) is 0 Å².